The molecule has 9 nitrogen and oxygen atoms in total. The summed E-state index contributed by atoms with van der Waals surface area (Å²) in [5.74, 6) is -1.44. The van der Waals surface area contributed by atoms with E-state index in [2.05, 4.69) is 10.1 Å². The number of imide groups is 1. The van der Waals surface area contributed by atoms with Crippen LogP contribution in [-0.2, 0) is 25.0 Å². The second-order valence-electron chi connectivity index (χ2n) is 8.46. The lowest BCUT2D eigenvalue weighted by Gasteiger charge is -2.34. The summed E-state index contributed by atoms with van der Waals surface area (Å²) in [5.41, 5.74) is -1.17. The number of alkyl halides is 2. The number of carbonyl (C=O) groups is 3. The molecule has 3 rings (SSSR count). The summed E-state index contributed by atoms with van der Waals surface area (Å²) in [6.07, 6.45) is 0.885. The molecule has 2 aliphatic rings. The summed E-state index contributed by atoms with van der Waals surface area (Å²) >= 11 is 0. The normalized spacial score (nSPS) is 25.3. The molecule has 12 heteroatoms. The Bertz CT molecular complexity index is 1030. The molecular weight excluding hydrogens is 460 g/mol. The number of nitrogens with one attached hydrogen (secondary N) is 1. The number of ether oxygens (including phenoxy) is 1. The zero-order valence-electron chi connectivity index (χ0n) is 18.6. The highest BCUT2D eigenvalue weighted by Gasteiger charge is 2.50. The third-order valence-corrected chi connectivity index (χ3v) is 7.93. The van der Waals surface area contributed by atoms with E-state index >= 15 is 0 Å². The molecule has 0 unspecified atom stereocenters. The van der Waals surface area contributed by atoms with Crippen molar-refractivity contribution in [2.75, 3.05) is 18.1 Å². The van der Waals surface area contributed by atoms with Gasteiger partial charge in [0, 0.05) is 12.1 Å². The van der Waals surface area contributed by atoms with Crippen LogP contribution in [0.3, 0.4) is 0 Å². The second kappa shape index (κ2) is 9.24. The molecule has 0 spiro atoms. The number of benzene rings is 1. The first-order valence-corrected chi connectivity index (χ1v) is 12.4. The van der Waals surface area contributed by atoms with Gasteiger partial charge in [0.05, 0.1) is 11.5 Å². The molecule has 33 heavy (non-hydrogen) atoms. The number of carbonyl (C=O) groups excluding carboxylic acids is 3. The molecular formula is C21H27F2N3O6S. The van der Waals surface area contributed by atoms with E-state index in [1.165, 1.54) is 36.1 Å². The van der Waals surface area contributed by atoms with Crippen LogP contribution >= 0.6 is 0 Å². The molecule has 3 atom stereocenters. The van der Waals surface area contributed by atoms with Crippen LogP contribution < -0.4 is 10.1 Å². The number of hydrogen-bond acceptors (Lipinski definition) is 6. The van der Waals surface area contributed by atoms with Gasteiger partial charge in [-0.05, 0) is 44.4 Å². The van der Waals surface area contributed by atoms with Gasteiger partial charge in [-0.1, -0.05) is 19.1 Å². The Kier molecular flexibility index (Phi) is 6.96. The molecule has 0 saturated carbocycles. The molecule has 2 saturated heterocycles. The largest absolute Gasteiger partial charge is 0.435 e. The lowest BCUT2D eigenvalue weighted by molar-refractivity contribution is -0.141. The quantitative estimate of drug-likeness (QED) is 0.560. The van der Waals surface area contributed by atoms with Crippen LogP contribution in [0.5, 0.6) is 5.75 Å². The minimum atomic E-state index is -3.24. The van der Waals surface area contributed by atoms with Crippen molar-refractivity contribution in [3.05, 3.63) is 29.8 Å². The first-order valence-electron chi connectivity index (χ1n) is 10.6. The fourth-order valence-electron chi connectivity index (χ4n) is 4.22. The fourth-order valence-corrected chi connectivity index (χ4v) is 5.93. The predicted octanol–water partition coefficient (Wildman–Crippen LogP) is 1.87. The number of sulfone groups is 1. The SMILES string of the molecule is CC[C@@H](C)N(C(=O)CN1C(=O)N[C@](C)(c2ccc(OC(F)F)cc2)C1=O)[C@@H]1CCS(=O)(=O)C1. The van der Waals surface area contributed by atoms with E-state index in [1.54, 1.807) is 6.92 Å². The summed E-state index contributed by atoms with van der Waals surface area (Å²) in [6, 6.07) is 3.73. The van der Waals surface area contributed by atoms with E-state index in [9.17, 15) is 31.6 Å². The van der Waals surface area contributed by atoms with Gasteiger partial charge in [0.1, 0.15) is 17.8 Å². The van der Waals surface area contributed by atoms with Crippen molar-refractivity contribution in [2.24, 2.45) is 0 Å². The van der Waals surface area contributed by atoms with E-state index in [0.29, 0.717) is 18.4 Å². The molecule has 1 N–H and O–H groups in total. The molecule has 2 fully saturated rings. The highest BCUT2D eigenvalue weighted by atomic mass is 32.2. The fraction of sp³-hybridized carbons (Fsp3) is 0.571. The molecule has 0 bridgehead atoms. The number of hydrogen-bond donors (Lipinski definition) is 1. The number of urea groups is 1. The van der Waals surface area contributed by atoms with E-state index in [-0.39, 0.29) is 23.3 Å². The lowest BCUT2D eigenvalue weighted by atomic mass is 9.92. The third-order valence-electron chi connectivity index (χ3n) is 6.18. The zero-order chi connectivity index (χ0) is 24.6. The molecule has 0 aromatic heterocycles. The smallest absolute Gasteiger partial charge is 0.387 e. The Morgan fingerprint density at radius 1 is 1.30 bits per heavy atom. The van der Waals surface area contributed by atoms with Gasteiger partial charge in [-0.3, -0.25) is 14.5 Å². The summed E-state index contributed by atoms with van der Waals surface area (Å²) in [7, 11) is -3.24. The standard InChI is InChI=1S/C21H27F2N3O6S/c1-4-13(2)26(15-9-10-33(30,31)12-15)17(27)11-25-18(28)21(3,24-20(25)29)14-5-7-16(8-6-14)32-19(22)23/h5-8,13,15,19H,4,9-12H2,1-3H3,(H,24,29)/t13-,15-,21-/m1/s1. The average molecular weight is 488 g/mol. The van der Waals surface area contributed by atoms with Gasteiger partial charge < -0.3 is 15.0 Å². The Hall–Kier alpha value is -2.76. The zero-order valence-corrected chi connectivity index (χ0v) is 19.4. The van der Waals surface area contributed by atoms with Crippen LogP contribution in [0.4, 0.5) is 13.6 Å². The van der Waals surface area contributed by atoms with Gasteiger partial charge in [-0.15, -0.1) is 0 Å². The minimum Gasteiger partial charge on any atom is -0.435 e. The van der Waals surface area contributed by atoms with E-state index in [1.807, 2.05) is 6.92 Å². The second-order valence-corrected chi connectivity index (χ2v) is 10.7. The van der Waals surface area contributed by atoms with Crippen LogP contribution in [0, 0.1) is 0 Å². The van der Waals surface area contributed by atoms with Gasteiger partial charge in [-0.2, -0.15) is 8.78 Å². The van der Waals surface area contributed by atoms with Crippen molar-refractivity contribution in [3.8, 4) is 5.75 Å². The Labute approximate surface area is 191 Å². The highest BCUT2D eigenvalue weighted by Crippen LogP contribution is 2.31. The Morgan fingerprint density at radius 3 is 2.45 bits per heavy atom. The lowest BCUT2D eigenvalue weighted by Crippen LogP contribution is -2.51. The maximum absolute atomic E-state index is 13.2. The van der Waals surface area contributed by atoms with Crippen LogP contribution in [0.1, 0.15) is 39.2 Å². The van der Waals surface area contributed by atoms with Crippen LogP contribution in [0.25, 0.3) is 0 Å². The van der Waals surface area contributed by atoms with Crippen LogP contribution in [-0.4, -0.2) is 72.8 Å². The number of rotatable bonds is 8. The van der Waals surface area contributed by atoms with Crippen molar-refractivity contribution in [1.82, 2.24) is 15.1 Å². The van der Waals surface area contributed by atoms with Crippen molar-refractivity contribution in [3.63, 3.8) is 0 Å². The summed E-state index contributed by atoms with van der Waals surface area (Å²) < 4.78 is 52.9. The number of halogens is 2. The maximum atomic E-state index is 13.2. The number of amides is 4. The molecule has 0 aliphatic carbocycles. The van der Waals surface area contributed by atoms with Gasteiger partial charge in [0.15, 0.2) is 9.84 Å². The average Bonchev–Trinajstić information content (AvgIpc) is 3.19. The van der Waals surface area contributed by atoms with Crippen molar-refractivity contribution >= 4 is 27.7 Å². The minimum absolute atomic E-state index is 0.00957. The molecule has 4 amide bonds. The molecule has 2 aliphatic heterocycles. The molecule has 0 radical (unpaired) electrons. The Morgan fingerprint density at radius 2 is 1.94 bits per heavy atom. The maximum Gasteiger partial charge on any atom is 0.387 e. The summed E-state index contributed by atoms with van der Waals surface area (Å²) in [6.45, 7) is 1.58. The van der Waals surface area contributed by atoms with Crippen molar-refractivity contribution in [2.45, 2.75) is 57.8 Å². The monoisotopic (exact) mass is 487 g/mol. The van der Waals surface area contributed by atoms with E-state index in [4.69, 9.17) is 0 Å². The van der Waals surface area contributed by atoms with E-state index < -0.39 is 52.4 Å². The third kappa shape index (κ3) is 5.10. The molecule has 1 aromatic rings. The summed E-state index contributed by atoms with van der Waals surface area (Å²) in [5, 5.41) is 2.56. The van der Waals surface area contributed by atoms with E-state index in [0.717, 1.165) is 4.90 Å². The summed E-state index contributed by atoms with van der Waals surface area (Å²) in [4.78, 5) is 41.2. The highest BCUT2D eigenvalue weighted by molar-refractivity contribution is 7.91. The van der Waals surface area contributed by atoms with Crippen molar-refractivity contribution in [1.29, 1.82) is 0 Å². The van der Waals surface area contributed by atoms with Gasteiger partial charge in [0.25, 0.3) is 5.91 Å². The topological polar surface area (TPSA) is 113 Å². The molecule has 2 heterocycles. The first kappa shape index (κ1) is 24.9. The first-order chi connectivity index (χ1) is 15.4. The number of nitrogens with zero attached hydrogens (tertiary/aromatic N) is 2. The van der Waals surface area contributed by atoms with Crippen LogP contribution in [0.2, 0.25) is 0 Å². The molecule has 182 valence electrons. The van der Waals surface area contributed by atoms with Crippen molar-refractivity contribution < 1.29 is 36.3 Å². The van der Waals surface area contributed by atoms with Gasteiger partial charge >= 0.3 is 12.6 Å². The molecule has 1 aromatic carbocycles. The predicted molar refractivity (Wildman–Crippen MR) is 114 cm³/mol. The van der Waals surface area contributed by atoms with Gasteiger partial charge in [0.2, 0.25) is 5.91 Å². The van der Waals surface area contributed by atoms with Crippen LogP contribution in [0.15, 0.2) is 24.3 Å². The Balaban J connectivity index is 1.78. The van der Waals surface area contributed by atoms with Gasteiger partial charge in [-0.25, -0.2) is 13.2 Å².